The number of rotatable bonds is 13. The van der Waals surface area contributed by atoms with Gasteiger partial charge in [-0.1, -0.05) is 50.2 Å². The first kappa shape index (κ1) is 30.8. The fourth-order valence-electron chi connectivity index (χ4n) is 6.04. The van der Waals surface area contributed by atoms with Crippen molar-refractivity contribution < 1.29 is 18.9 Å². The molecule has 2 aromatic carbocycles. The third kappa shape index (κ3) is 8.15. The van der Waals surface area contributed by atoms with Crippen LogP contribution in [0.15, 0.2) is 48.5 Å². The van der Waals surface area contributed by atoms with Gasteiger partial charge in [0, 0.05) is 55.9 Å². The SMILES string of the molecule is CCCC(=O)N(CC[N+]1(CCCC(=O)Cl)CCC(N(C(=O)CC)c2ccccc2)CC1)c1c(C)cccc1C. The van der Waals surface area contributed by atoms with E-state index in [1.807, 2.05) is 60.0 Å². The number of piperidine rings is 1. The Balaban J connectivity index is 1.83. The molecule has 39 heavy (non-hydrogen) atoms. The number of halogens is 1. The monoisotopic (exact) mass is 554 g/mol. The van der Waals surface area contributed by atoms with Gasteiger partial charge in [0.25, 0.3) is 0 Å². The molecule has 1 fully saturated rings. The van der Waals surface area contributed by atoms with Gasteiger partial charge >= 0.3 is 0 Å². The van der Waals surface area contributed by atoms with Crippen LogP contribution in [-0.4, -0.2) is 60.3 Å². The number of benzene rings is 2. The average molecular weight is 555 g/mol. The van der Waals surface area contributed by atoms with Crippen LogP contribution >= 0.6 is 11.6 Å². The van der Waals surface area contributed by atoms with Crippen LogP contribution in [0, 0.1) is 13.8 Å². The predicted octanol–water partition coefficient (Wildman–Crippen LogP) is 6.40. The first-order valence-corrected chi connectivity index (χ1v) is 14.9. The molecule has 0 bridgehead atoms. The Hall–Kier alpha value is -2.70. The number of nitrogens with zero attached hydrogens (tertiary/aromatic N) is 3. The maximum absolute atomic E-state index is 13.3. The van der Waals surface area contributed by atoms with Gasteiger partial charge in [0.2, 0.25) is 17.1 Å². The second kappa shape index (κ2) is 14.6. The Labute approximate surface area is 239 Å². The Kier molecular flexibility index (Phi) is 11.6. The highest BCUT2D eigenvalue weighted by molar-refractivity contribution is 6.63. The average Bonchev–Trinajstić information content (AvgIpc) is 2.92. The van der Waals surface area contributed by atoms with E-state index in [0.29, 0.717) is 25.8 Å². The summed E-state index contributed by atoms with van der Waals surface area (Å²) >= 11 is 5.70. The van der Waals surface area contributed by atoms with Crippen molar-refractivity contribution in [3.63, 3.8) is 0 Å². The Morgan fingerprint density at radius 1 is 0.872 bits per heavy atom. The summed E-state index contributed by atoms with van der Waals surface area (Å²) in [6.07, 6.45) is 4.61. The molecule has 0 aromatic heterocycles. The lowest BCUT2D eigenvalue weighted by atomic mass is 9.98. The Morgan fingerprint density at radius 2 is 1.51 bits per heavy atom. The quantitative estimate of drug-likeness (QED) is 0.212. The van der Waals surface area contributed by atoms with Gasteiger partial charge in [0.1, 0.15) is 0 Å². The summed E-state index contributed by atoms with van der Waals surface area (Å²) in [4.78, 5) is 41.9. The topological polar surface area (TPSA) is 57.7 Å². The number of hydrogen-bond donors (Lipinski definition) is 0. The fourth-order valence-corrected chi connectivity index (χ4v) is 6.18. The number of aryl methyl sites for hydroxylation is 2. The zero-order valence-electron chi connectivity index (χ0n) is 24.1. The lowest BCUT2D eigenvalue weighted by Gasteiger charge is -2.47. The molecular formula is C32H45ClN3O3+. The van der Waals surface area contributed by atoms with Gasteiger partial charge in [-0.25, -0.2) is 0 Å². The fraction of sp³-hybridized carbons (Fsp3) is 0.531. The van der Waals surface area contributed by atoms with E-state index in [1.54, 1.807) is 0 Å². The summed E-state index contributed by atoms with van der Waals surface area (Å²) < 4.78 is 0.824. The molecular weight excluding hydrogens is 510 g/mol. The van der Waals surface area contributed by atoms with Gasteiger partial charge in [0.15, 0.2) is 0 Å². The van der Waals surface area contributed by atoms with Crippen molar-refractivity contribution in [2.45, 2.75) is 78.7 Å². The van der Waals surface area contributed by atoms with Crippen LogP contribution in [-0.2, 0) is 14.4 Å². The van der Waals surface area contributed by atoms with Crippen molar-refractivity contribution in [1.82, 2.24) is 0 Å². The minimum absolute atomic E-state index is 0.136. The molecule has 1 saturated heterocycles. The summed E-state index contributed by atoms with van der Waals surface area (Å²) in [6, 6.07) is 16.3. The number of hydrogen-bond acceptors (Lipinski definition) is 3. The number of carbonyl (C=O) groups is 3. The lowest BCUT2D eigenvalue weighted by molar-refractivity contribution is -0.931. The van der Waals surface area contributed by atoms with Crippen LogP contribution in [0.25, 0.3) is 0 Å². The van der Waals surface area contributed by atoms with E-state index in [9.17, 15) is 14.4 Å². The second-order valence-corrected chi connectivity index (χ2v) is 11.3. The maximum Gasteiger partial charge on any atom is 0.227 e. The van der Waals surface area contributed by atoms with Gasteiger partial charge < -0.3 is 14.3 Å². The number of quaternary nitrogens is 1. The Morgan fingerprint density at radius 3 is 2.08 bits per heavy atom. The molecule has 3 rings (SSSR count). The maximum atomic E-state index is 13.3. The van der Waals surface area contributed by atoms with Crippen molar-refractivity contribution in [3.05, 3.63) is 59.7 Å². The number of carbonyl (C=O) groups excluding carboxylic acids is 3. The number of likely N-dealkylation sites (tertiary alicyclic amines) is 1. The van der Waals surface area contributed by atoms with E-state index in [4.69, 9.17) is 11.6 Å². The van der Waals surface area contributed by atoms with Gasteiger partial charge in [-0.05, 0) is 55.1 Å². The summed E-state index contributed by atoms with van der Waals surface area (Å²) in [5.74, 6) is 0.299. The number of anilines is 2. The normalized spacial score (nSPS) is 18.9. The van der Waals surface area contributed by atoms with E-state index in [0.717, 1.165) is 78.8 Å². The molecule has 2 amide bonds. The van der Waals surface area contributed by atoms with Gasteiger partial charge in [-0.2, -0.15) is 0 Å². The first-order chi connectivity index (χ1) is 18.7. The zero-order chi connectivity index (χ0) is 28.4. The number of amides is 2. The molecule has 6 nitrogen and oxygen atoms in total. The highest BCUT2D eigenvalue weighted by Gasteiger charge is 2.38. The van der Waals surface area contributed by atoms with Crippen LogP contribution in [0.5, 0.6) is 0 Å². The molecule has 0 atom stereocenters. The van der Waals surface area contributed by atoms with Crippen LogP contribution in [0.2, 0.25) is 0 Å². The van der Waals surface area contributed by atoms with Crippen molar-refractivity contribution in [3.8, 4) is 0 Å². The summed E-state index contributed by atoms with van der Waals surface area (Å²) in [5, 5.41) is -0.304. The molecule has 0 saturated carbocycles. The molecule has 0 unspecified atom stereocenters. The smallest absolute Gasteiger partial charge is 0.227 e. The van der Waals surface area contributed by atoms with E-state index >= 15 is 0 Å². The second-order valence-electron chi connectivity index (χ2n) is 10.9. The third-order valence-corrected chi connectivity index (χ3v) is 8.31. The molecule has 1 aliphatic heterocycles. The van der Waals surface area contributed by atoms with E-state index < -0.39 is 0 Å². The summed E-state index contributed by atoms with van der Waals surface area (Å²) in [7, 11) is 0. The van der Waals surface area contributed by atoms with Crippen LogP contribution in [0.4, 0.5) is 11.4 Å². The van der Waals surface area contributed by atoms with Crippen LogP contribution in [0.1, 0.15) is 69.9 Å². The summed E-state index contributed by atoms with van der Waals surface area (Å²) in [6.45, 7) is 12.1. The van der Waals surface area contributed by atoms with Crippen molar-refractivity contribution in [2.75, 3.05) is 42.5 Å². The standard InChI is InChI=1S/C32H45ClN3O3/c1-5-12-31(39)34(32-25(3)13-10-14-26(32)4)20-24-36(21-11-17-29(33)37)22-18-28(19-23-36)35(30(38)6-2)27-15-8-7-9-16-27/h7-10,13-16,28H,5-6,11-12,17-24H2,1-4H3/q+1. The van der Waals surface area contributed by atoms with Crippen molar-refractivity contribution in [2.24, 2.45) is 0 Å². The summed E-state index contributed by atoms with van der Waals surface area (Å²) in [5.41, 5.74) is 4.18. The molecule has 1 aliphatic rings. The minimum Gasteiger partial charge on any atom is -0.322 e. The van der Waals surface area contributed by atoms with Gasteiger partial charge in [-0.3, -0.25) is 14.4 Å². The number of para-hydroxylation sites is 2. The molecule has 0 aliphatic carbocycles. The molecule has 0 spiro atoms. The minimum atomic E-state index is -0.304. The van der Waals surface area contributed by atoms with Crippen molar-refractivity contribution >= 4 is 40.0 Å². The highest BCUT2D eigenvalue weighted by Crippen LogP contribution is 2.30. The third-order valence-electron chi connectivity index (χ3n) is 8.12. The zero-order valence-corrected chi connectivity index (χ0v) is 24.9. The first-order valence-electron chi connectivity index (χ1n) is 14.5. The van der Waals surface area contributed by atoms with E-state index in [1.165, 1.54) is 0 Å². The molecule has 212 valence electrons. The lowest BCUT2D eigenvalue weighted by Crippen LogP contribution is -2.60. The van der Waals surface area contributed by atoms with Crippen molar-refractivity contribution in [1.29, 1.82) is 0 Å². The molecule has 0 radical (unpaired) electrons. The van der Waals surface area contributed by atoms with E-state index in [-0.39, 0.29) is 23.1 Å². The van der Waals surface area contributed by atoms with Gasteiger partial charge in [0.05, 0.1) is 32.7 Å². The molecule has 7 heteroatoms. The highest BCUT2D eigenvalue weighted by atomic mass is 35.5. The predicted molar refractivity (Wildman–Crippen MR) is 160 cm³/mol. The van der Waals surface area contributed by atoms with Crippen LogP contribution in [0.3, 0.4) is 0 Å². The van der Waals surface area contributed by atoms with Crippen LogP contribution < -0.4 is 9.80 Å². The molecule has 0 N–H and O–H groups in total. The Bertz CT molecular complexity index is 1090. The van der Waals surface area contributed by atoms with Gasteiger partial charge in [-0.15, -0.1) is 0 Å². The largest absolute Gasteiger partial charge is 0.322 e. The molecule has 1 heterocycles. The van der Waals surface area contributed by atoms with E-state index in [2.05, 4.69) is 26.0 Å². The molecule has 2 aromatic rings.